The molecule has 8 nitrogen and oxygen atoms in total. The van der Waals surface area contributed by atoms with Crippen LogP contribution in [-0.4, -0.2) is 45.6 Å². The van der Waals surface area contributed by atoms with Crippen molar-refractivity contribution in [1.82, 2.24) is 10.2 Å². The highest BCUT2D eigenvalue weighted by Gasteiger charge is 2.34. The lowest BCUT2D eigenvalue weighted by molar-refractivity contribution is -0.0102. The van der Waals surface area contributed by atoms with E-state index in [9.17, 15) is 23.0 Å². The second-order valence-corrected chi connectivity index (χ2v) is 9.66. The van der Waals surface area contributed by atoms with Gasteiger partial charge in [0.15, 0.2) is 11.5 Å². The number of nitrogens with one attached hydrogen (secondary N) is 2. The van der Waals surface area contributed by atoms with Crippen LogP contribution < -0.4 is 10.2 Å². The van der Waals surface area contributed by atoms with Crippen LogP contribution in [0, 0.1) is 23.0 Å². The molecule has 2 heterocycles. The molecule has 11 heteroatoms. The lowest BCUT2D eigenvalue weighted by atomic mass is 10.1. The molecular weight excluding hydrogens is 426 g/mol. The molecule has 2 aromatic rings. The summed E-state index contributed by atoms with van der Waals surface area (Å²) in [7, 11) is -2.98. The molecule has 1 aromatic carbocycles. The van der Waals surface area contributed by atoms with E-state index < -0.39 is 21.6 Å². The third kappa shape index (κ3) is 5.14. The van der Waals surface area contributed by atoms with Gasteiger partial charge in [-0.2, -0.15) is 5.26 Å². The molecule has 0 radical (unpaired) electrons. The molecule has 1 unspecified atom stereocenters. The summed E-state index contributed by atoms with van der Waals surface area (Å²) in [5.74, 6) is -3.24. The highest BCUT2D eigenvalue weighted by molar-refractivity contribution is 7.91. The topological polar surface area (TPSA) is 123 Å². The monoisotopic (exact) mass is 448 g/mol. The third-order valence-electron chi connectivity index (χ3n) is 5.09. The Hall–Kier alpha value is -3.13. The zero-order chi connectivity index (χ0) is 22.8. The van der Waals surface area contributed by atoms with Gasteiger partial charge in [-0.1, -0.05) is 6.07 Å². The Morgan fingerprint density at radius 2 is 2.06 bits per heavy atom. The summed E-state index contributed by atoms with van der Waals surface area (Å²) >= 11 is 0. The van der Waals surface area contributed by atoms with Gasteiger partial charge in [0.1, 0.15) is 6.07 Å². The largest absolute Gasteiger partial charge is 0.354 e. The van der Waals surface area contributed by atoms with Crippen LogP contribution in [0.25, 0.3) is 0 Å². The third-order valence-corrected chi connectivity index (χ3v) is 6.24. The number of alkyl halides is 2. The van der Waals surface area contributed by atoms with Crippen LogP contribution >= 0.6 is 0 Å². The van der Waals surface area contributed by atoms with E-state index in [2.05, 4.69) is 15.5 Å². The van der Waals surface area contributed by atoms with Gasteiger partial charge in [-0.15, -0.1) is 10.2 Å². The van der Waals surface area contributed by atoms with E-state index in [1.54, 1.807) is 24.0 Å². The van der Waals surface area contributed by atoms with Crippen LogP contribution in [0.4, 0.5) is 20.3 Å². The normalized spacial score (nSPS) is 17.8. The van der Waals surface area contributed by atoms with E-state index >= 15 is 0 Å². The standard InChI is InChI=1S/C20H22F2N6O2S/c1-13-16(12-23)26-27-18(28-9-4-7-20(21,22)8-10-28)17(13)19(29)25-14-5-3-6-15(11-14)31(2,24)30/h3,5-6,11,24H,4,7-10H2,1-2H3,(H,25,29). The Morgan fingerprint density at radius 1 is 1.32 bits per heavy atom. The van der Waals surface area contributed by atoms with Crippen molar-refractivity contribution in [2.75, 3.05) is 29.6 Å². The van der Waals surface area contributed by atoms with Crippen molar-refractivity contribution in [3.8, 4) is 6.07 Å². The van der Waals surface area contributed by atoms with Crippen LogP contribution in [0.2, 0.25) is 0 Å². The van der Waals surface area contributed by atoms with Crippen LogP contribution in [0.3, 0.4) is 0 Å². The lowest BCUT2D eigenvalue weighted by Crippen LogP contribution is -2.30. The molecule has 1 saturated heterocycles. The maximum absolute atomic E-state index is 13.8. The average molecular weight is 448 g/mol. The van der Waals surface area contributed by atoms with E-state index in [0.717, 1.165) is 0 Å². The molecule has 2 N–H and O–H groups in total. The molecule has 1 amide bonds. The number of nitriles is 1. The maximum Gasteiger partial charge on any atom is 0.259 e. The number of amides is 1. The molecule has 3 rings (SSSR count). The Kier molecular flexibility index (Phi) is 6.22. The van der Waals surface area contributed by atoms with Gasteiger partial charge >= 0.3 is 0 Å². The molecule has 1 fully saturated rings. The first kappa shape index (κ1) is 22.6. The van der Waals surface area contributed by atoms with E-state index in [1.807, 2.05) is 6.07 Å². The molecule has 1 aliphatic rings. The van der Waals surface area contributed by atoms with Crippen LogP contribution in [-0.2, 0) is 9.73 Å². The van der Waals surface area contributed by atoms with Crippen molar-refractivity contribution in [2.45, 2.75) is 37.0 Å². The molecule has 0 spiro atoms. The van der Waals surface area contributed by atoms with Gasteiger partial charge in [0.2, 0.25) is 5.92 Å². The Bertz CT molecular complexity index is 1160. The fraction of sp³-hybridized carbons (Fsp3) is 0.400. The Morgan fingerprint density at radius 3 is 2.74 bits per heavy atom. The van der Waals surface area contributed by atoms with Crippen molar-refractivity contribution in [1.29, 1.82) is 10.0 Å². The number of hydrogen-bond acceptors (Lipinski definition) is 7. The molecule has 0 aliphatic carbocycles. The molecular formula is C20H22F2N6O2S. The number of rotatable bonds is 4. The van der Waals surface area contributed by atoms with Crippen molar-refractivity contribution in [2.24, 2.45) is 0 Å². The number of nitrogens with zero attached hydrogens (tertiary/aromatic N) is 4. The van der Waals surface area contributed by atoms with Gasteiger partial charge in [0, 0.05) is 48.3 Å². The lowest BCUT2D eigenvalue weighted by Gasteiger charge is -2.24. The summed E-state index contributed by atoms with van der Waals surface area (Å²) in [6, 6.07) is 8.00. The predicted octanol–water partition coefficient (Wildman–Crippen LogP) is 3.57. The first-order valence-electron chi connectivity index (χ1n) is 9.57. The molecule has 1 aliphatic heterocycles. The molecule has 31 heavy (non-hydrogen) atoms. The average Bonchev–Trinajstić information content (AvgIpc) is 2.87. The second kappa shape index (κ2) is 8.55. The number of hydrogen-bond donors (Lipinski definition) is 2. The second-order valence-electron chi connectivity index (χ2n) is 7.51. The number of carbonyl (C=O) groups excluding carboxylic acids is 1. The fourth-order valence-corrected chi connectivity index (χ4v) is 4.08. The van der Waals surface area contributed by atoms with Crippen molar-refractivity contribution in [3.05, 3.63) is 41.1 Å². The number of benzene rings is 1. The summed E-state index contributed by atoms with van der Waals surface area (Å²) in [6.45, 7) is 1.83. The summed E-state index contributed by atoms with van der Waals surface area (Å²) in [6.07, 6.45) is 0.887. The number of aromatic nitrogens is 2. The number of anilines is 2. The van der Waals surface area contributed by atoms with Crippen LogP contribution in [0.15, 0.2) is 29.2 Å². The zero-order valence-corrected chi connectivity index (χ0v) is 17.9. The minimum atomic E-state index is -2.98. The van der Waals surface area contributed by atoms with E-state index in [0.29, 0.717) is 5.69 Å². The summed E-state index contributed by atoms with van der Waals surface area (Å²) in [5.41, 5.74) is 0.639. The number of carbonyl (C=O) groups is 1. The molecule has 164 valence electrons. The SMILES string of the molecule is Cc1c(C#N)nnc(N2CCCC(F)(F)CC2)c1C(=O)Nc1cccc(S(C)(=N)=O)c1. The van der Waals surface area contributed by atoms with Gasteiger partial charge in [-0.3, -0.25) is 4.79 Å². The fourth-order valence-electron chi connectivity index (χ4n) is 3.39. The predicted molar refractivity (Wildman–Crippen MR) is 112 cm³/mol. The van der Waals surface area contributed by atoms with Gasteiger partial charge in [-0.05, 0) is 31.5 Å². The molecule has 1 aromatic heterocycles. The summed E-state index contributed by atoms with van der Waals surface area (Å²) < 4.78 is 47.3. The maximum atomic E-state index is 13.8. The first-order chi connectivity index (χ1) is 14.5. The van der Waals surface area contributed by atoms with E-state index in [1.165, 1.54) is 18.4 Å². The van der Waals surface area contributed by atoms with Crippen LogP contribution in [0.1, 0.15) is 40.9 Å². The molecule has 1 atom stereocenters. The smallest absolute Gasteiger partial charge is 0.259 e. The quantitative estimate of drug-likeness (QED) is 0.737. The van der Waals surface area contributed by atoms with Gasteiger partial charge < -0.3 is 10.2 Å². The minimum Gasteiger partial charge on any atom is -0.354 e. The number of halogens is 2. The van der Waals surface area contributed by atoms with Gasteiger partial charge in [0.05, 0.1) is 15.3 Å². The van der Waals surface area contributed by atoms with Gasteiger partial charge in [-0.25, -0.2) is 17.8 Å². The van der Waals surface area contributed by atoms with E-state index in [4.69, 9.17) is 4.78 Å². The van der Waals surface area contributed by atoms with Gasteiger partial charge in [0.25, 0.3) is 5.91 Å². The summed E-state index contributed by atoms with van der Waals surface area (Å²) in [4.78, 5) is 15.0. The highest BCUT2D eigenvalue weighted by atomic mass is 32.2. The van der Waals surface area contributed by atoms with E-state index in [-0.39, 0.29) is 59.9 Å². The van der Waals surface area contributed by atoms with Crippen molar-refractivity contribution < 1.29 is 17.8 Å². The minimum absolute atomic E-state index is 0.000471. The van der Waals surface area contributed by atoms with Crippen LogP contribution in [0.5, 0.6) is 0 Å². The Balaban J connectivity index is 1.99. The van der Waals surface area contributed by atoms with Crippen molar-refractivity contribution in [3.63, 3.8) is 0 Å². The zero-order valence-electron chi connectivity index (χ0n) is 17.1. The summed E-state index contributed by atoms with van der Waals surface area (Å²) in [5, 5.41) is 19.8. The highest BCUT2D eigenvalue weighted by Crippen LogP contribution is 2.31. The first-order valence-corrected chi connectivity index (χ1v) is 11.5. The Labute approximate surface area is 179 Å². The molecule has 0 bridgehead atoms. The molecule has 0 saturated carbocycles. The van der Waals surface area contributed by atoms with Crippen molar-refractivity contribution >= 4 is 27.1 Å².